The van der Waals surface area contributed by atoms with Gasteiger partial charge in [-0.05, 0) is 33.7 Å². The van der Waals surface area contributed by atoms with Crippen molar-refractivity contribution in [1.29, 1.82) is 0 Å². The Morgan fingerprint density at radius 3 is 3.20 bits per heavy atom. The molecule has 0 unspecified atom stereocenters. The van der Waals surface area contributed by atoms with Gasteiger partial charge in [-0.2, -0.15) is 4.37 Å². The molecular formula is C5H4N6O2S2. The lowest BCUT2D eigenvalue weighted by Gasteiger charge is -1.97. The van der Waals surface area contributed by atoms with E-state index in [4.69, 9.17) is 5.11 Å². The fraction of sp³-hybridized carbons (Fsp3) is 0.200. The number of rotatable bonds is 4. The fourth-order valence-electron chi connectivity index (χ4n) is 0.783. The van der Waals surface area contributed by atoms with Crippen LogP contribution in [0.5, 0.6) is 0 Å². The van der Waals surface area contributed by atoms with Gasteiger partial charge in [0.25, 0.3) is 0 Å². The van der Waals surface area contributed by atoms with Crippen molar-refractivity contribution in [3.63, 3.8) is 0 Å². The predicted molar refractivity (Wildman–Crippen MR) is 49.5 cm³/mol. The van der Waals surface area contributed by atoms with Gasteiger partial charge in [-0.15, -0.1) is 5.10 Å². The first kappa shape index (κ1) is 9.98. The molecule has 2 aromatic rings. The zero-order valence-corrected chi connectivity index (χ0v) is 8.77. The highest BCUT2D eigenvalue weighted by molar-refractivity contribution is 8.00. The molecule has 10 heteroatoms. The summed E-state index contributed by atoms with van der Waals surface area (Å²) >= 11 is 2.37. The summed E-state index contributed by atoms with van der Waals surface area (Å²) in [6.07, 6.45) is 1.42. The van der Waals surface area contributed by atoms with Gasteiger partial charge in [-0.25, -0.2) is 9.67 Å². The second-order valence-corrected chi connectivity index (χ2v) is 4.32. The Labute approximate surface area is 91.5 Å². The van der Waals surface area contributed by atoms with E-state index < -0.39 is 5.97 Å². The van der Waals surface area contributed by atoms with Gasteiger partial charge in [0.15, 0.2) is 4.34 Å². The maximum Gasteiger partial charge on any atom is 0.325 e. The molecule has 2 heterocycles. The van der Waals surface area contributed by atoms with Crippen LogP contribution in [0.1, 0.15) is 0 Å². The molecule has 0 spiro atoms. The zero-order chi connectivity index (χ0) is 10.7. The van der Waals surface area contributed by atoms with Crippen LogP contribution < -0.4 is 0 Å². The molecule has 0 aliphatic rings. The van der Waals surface area contributed by atoms with Gasteiger partial charge in [-0.3, -0.25) is 4.79 Å². The van der Waals surface area contributed by atoms with Crippen LogP contribution in [0.3, 0.4) is 0 Å². The molecule has 8 nitrogen and oxygen atoms in total. The minimum Gasteiger partial charge on any atom is -0.480 e. The second-order valence-electron chi connectivity index (χ2n) is 2.32. The molecule has 2 aromatic heterocycles. The van der Waals surface area contributed by atoms with Crippen molar-refractivity contribution in [3.8, 4) is 0 Å². The second kappa shape index (κ2) is 4.31. The number of carboxylic acid groups (broad SMARTS) is 1. The van der Waals surface area contributed by atoms with Crippen molar-refractivity contribution in [2.75, 3.05) is 0 Å². The van der Waals surface area contributed by atoms with Gasteiger partial charge < -0.3 is 5.11 Å². The van der Waals surface area contributed by atoms with E-state index in [0.717, 1.165) is 0 Å². The van der Waals surface area contributed by atoms with Gasteiger partial charge in [0.1, 0.15) is 12.9 Å². The van der Waals surface area contributed by atoms with Crippen molar-refractivity contribution in [3.05, 3.63) is 6.33 Å². The predicted octanol–water partition coefficient (Wildman–Crippen LogP) is -0.240. The van der Waals surface area contributed by atoms with Crippen LogP contribution in [0.4, 0.5) is 0 Å². The van der Waals surface area contributed by atoms with Crippen molar-refractivity contribution >= 4 is 29.3 Å². The molecule has 15 heavy (non-hydrogen) atoms. The molecule has 0 aliphatic heterocycles. The van der Waals surface area contributed by atoms with Gasteiger partial charge in [-0.1, -0.05) is 0 Å². The number of carbonyl (C=O) groups is 1. The Morgan fingerprint density at radius 2 is 2.53 bits per heavy atom. The molecule has 0 aromatic carbocycles. The summed E-state index contributed by atoms with van der Waals surface area (Å²) in [5.74, 6) is -0.999. The van der Waals surface area contributed by atoms with E-state index in [9.17, 15) is 4.79 Å². The van der Waals surface area contributed by atoms with E-state index in [1.807, 2.05) is 0 Å². The first-order valence-corrected chi connectivity index (χ1v) is 5.27. The summed E-state index contributed by atoms with van der Waals surface area (Å²) in [6, 6.07) is 0. The van der Waals surface area contributed by atoms with Crippen LogP contribution in [0, 0.1) is 0 Å². The van der Waals surface area contributed by atoms with Crippen molar-refractivity contribution in [1.82, 2.24) is 29.6 Å². The van der Waals surface area contributed by atoms with Gasteiger partial charge in [0.2, 0.25) is 5.16 Å². The normalized spacial score (nSPS) is 10.4. The fourth-order valence-corrected chi connectivity index (χ4v) is 2.10. The van der Waals surface area contributed by atoms with E-state index in [1.54, 1.807) is 0 Å². The minimum absolute atomic E-state index is 0.270. The SMILES string of the molecule is O=C(O)Cn1nnnc1Sc1ncns1. The van der Waals surface area contributed by atoms with E-state index in [1.165, 1.54) is 34.3 Å². The summed E-state index contributed by atoms with van der Waals surface area (Å²) < 4.78 is 5.66. The van der Waals surface area contributed by atoms with Crippen molar-refractivity contribution in [2.24, 2.45) is 0 Å². The van der Waals surface area contributed by atoms with Crippen LogP contribution in [-0.4, -0.2) is 40.6 Å². The number of aromatic nitrogens is 6. The van der Waals surface area contributed by atoms with E-state index in [2.05, 4.69) is 24.9 Å². The number of carboxylic acids is 1. The molecule has 0 bridgehead atoms. The van der Waals surface area contributed by atoms with Crippen molar-refractivity contribution < 1.29 is 9.90 Å². The maximum absolute atomic E-state index is 10.5. The molecule has 0 radical (unpaired) electrons. The van der Waals surface area contributed by atoms with Gasteiger partial charge >= 0.3 is 5.97 Å². The topological polar surface area (TPSA) is 107 Å². The number of tetrazole rings is 1. The number of nitrogens with zero attached hydrogens (tertiary/aromatic N) is 6. The molecule has 2 rings (SSSR count). The van der Waals surface area contributed by atoms with Crippen molar-refractivity contribution in [2.45, 2.75) is 16.0 Å². The molecule has 78 valence electrons. The van der Waals surface area contributed by atoms with Gasteiger partial charge in [0.05, 0.1) is 0 Å². The summed E-state index contributed by atoms with van der Waals surface area (Å²) in [4.78, 5) is 14.4. The van der Waals surface area contributed by atoms with Crippen LogP contribution in [-0.2, 0) is 11.3 Å². The Hall–Kier alpha value is -1.55. The van der Waals surface area contributed by atoms with Crippen LogP contribution in [0.25, 0.3) is 0 Å². The Kier molecular flexibility index (Phi) is 2.87. The molecule has 0 amide bonds. The molecule has 1 N–H and O–H groups in total. The van der Waals surface area contributed by atoms with Crippen LogP contribution in [0.15, 0.2) is 15.8 Å². The number of aliphatic carboxylic acids is 1. The molecule has 0 atom stereocenters. The van der Waals surface area contributed by atoms with E-state index in [0.29, 0.717) is 9.50 Å². The smallest absolute Gasteiger partial charge is 0.325 e. The first-order valence-electron chi connectivity index (χ1n) is 3.68. The highest BCUT2D eigenvalue weighted by Gasteiger charge is 2.12. The quantitative estimate of drug-likeness (QED) is 0.785. The average molecular weight is 244 g/mol. The van der Waals surface area contributed by atoms with Crippen LogP contribution >= 0.6 is 23.3 Å². The Morgan fingerprint density at radius 1 is 1.67 bits per heavy atom. The van der Waals surface area contributed by atoms with Crippen LogP contribution in [0.2, 0.25) is 0 Å². The third-order valence-electron chi connectivity index (χ3n) is 1.30. The van der Waals surface area contributed by atoms with E-state index >= 15 is 0 Å². The standard InChI is InChI=1S/C5H4N6O2S2/c12-3(13)1-11-4(8-9-10-11)14-5-6-2-7-15-5/h2H,1H2,(H,12,13). The lowest BCUT2D eigenvalue weighted by atomic mass is 10.7. The Bertz CT molecular complexity index is 454. The summed E-state index contributed by atoms with van der Waals surface area (Å²) in [6.45, 7) is -0.270. The summed E-state index contributed by atoms with van der Waals surface area (Å²) in [7, 11) is 0. The molecular weight excluding hydrogens is 240 g/mol. The average Bonchev–Trinajstić information content (AvgIpc) is 2.78. The lowest BCUT2D eigenvalue weighted by Crippen LogP contribution is -2.11. The highest BCUT2D eigenvalue weighted by atomic mass is 32.2. The summed E-state index contributed by atoms with van der Waals surface area (Å²) in [5.41, 5.74) is 0. The number of hydrogen-bond donors (Lipinski definition) is 1. The summed E-state index contributed by atoms with van der Waals surface area (Å²) in [5, 5.41) is 19.6. The van der Waals surface area contributed by atoms with Gasteiger partial charge in [0, 0.05) is 0 Å². The minimum atomic E-state index is -0.999. The molecule has 0 saturated heterocycles. The Balaban J connectivity index is 2.14. The van der Waals surface area contributed by atoms with E-state index in [-0.39, 0.29) is 6.54 Å². The highest BCUT2D eigenvalue weighted by Crippen LogP contribution is 2.25. The lowest BCUT2D eigenvalue weighted by molar-refractivity contribution is -0.138. The number of hydrogen-bond acceptors (Lipinski definition) is 8. The third kappa shape index (κ3) is 2.47. The first-order chi connectivity index (χ1) is 7.25. The molecule has 0 saturated carbocycles. The molecule has 0 aliphatic carbocycles. The monoisotopic (exact) mass is 244 g/mol. The maximum atomic E-state index is 10.5. The molecule has 0 fully saturated rings. The zero-order valence-electron chi connectivity index (χ0n) is 7.14. The third-order valence-corrected chi connectivity index (χ3v) is 2.99. The largest absolute Gasteiger partial charge is 0.480 e.